The topological polar surface area (TPSA) is 43.3 Å². The molecule has 1 aromatic carbocycles. The Morgan fingerprint density at radius 1 is 1.19 bits per heavy atom. The van der Waals surface area contributed by atoms with Gasteiger partial charge in [-0.3, -0.25) is 0 Å². The van der Waals surface area contributed by atoms with E-state index in [1.807, 2.05) is 30.5 Å². The van der Waals surface area contributed by atoms with Crippen LogP contribution < -0.4 is 5.73 Å². The molecule has 3 rings (SSSR count). The van der Waals surface area contributed by atoms with Gasteiger partial charge in [0.05, 0.1) is 10.7 Å². The number of hydrogen-bond donors (Lipinski definition) is 1. The summed E-state index contributed by atoms with van der Waals surface area (Å²) < 4.78 is 2.06. The minimum absolute atomic E-state index is 0.569. The molecule has 0 aliphatic rings. The average Bonchev–Trinajstić information content (AvgIpc) is 2.81. The van der Waals surface area contributed by atoms with Crippen molar-refractivity contribution in [1.82, 2.24) is 9.38 Å². The molecule has 0 saturated carbocycles. The Morgan fingerprint density at radius 2 is 2.05 bits per heavy atom. The number of pyridine rings is 1. The SMILES string of the molecule is NCCc1c(Sc2cc(Cl)ccc2Cl)nc2ccccn12. The molecule has 0 radical (unpaired) electrons. The van der Waals surface area contributed by atoms with E-state index in [-0.39, 0.29) is 0 Å². The van der Waals surface area contributed by atoms with Crippen LogP contribution in [-0.2, 0) is 6.42 Å². The van der Waals surface area contributed by atoms with Gasteiger partial charge in [-0.05, 0) is 36.9 Å². The normalized spacial score (nSPS) is 11.2. The maximum absolute atomic E-state index is 6.24. The van der Waals surface area contributed by atoms with Crippen molar-refractivity contribution in [3.8, 4) is 0 Å². The van der Waals surface area contributed by atoms with E-state index in [0.717, 1.165) is 27.7 Å². The summed E-state index contributed by atoms with van der Waals surface area (Å²) in [5.74, 6) is 0. The summed E-state index contributed by atoms with van der Waals surface area (Å²) in [5.41, 5.74) is 7.73. The summed E-state index contributed by atoms with van der Waals surface area (Å²) >= 11 is 13.8. The molecule has 0 atom stereocenters. The molecule has 2 heterocycles. The van der Waals surface area contributed by atoms with Gasteiger partial charge in [0, 0.05) is 22.5 Å². The van der Waals surface area contributed by atoms with Gasteiger partial charge in [0.25, 0.3) is 0 Å². The van der Waals surface area contributed by atoms with Gasteiger partial charge in [-0.1, -0.05) is 41.0 Å². The second kappa shape index (κ2) is 6.28. The van der Waals surface area contributed by atoms with E-state index in [1.165, 1.54) is 11.8 Å². The average molecular weight is 338 g/mol. The van der Waals surface area contributed by atoms with E-state index in [1.54, 1.807) is 12.1 Å². The molecule has 0 aliphatic carbocycles. The van der Waals surface area contributed by atoms with E-state index in [9.17, 15) is 0 Å². The van der Waals surface area contributed by atoms with Crippen molar-refractivity contribution in [3.05, 3.63) is 58.3 Å². The molecule has 3 nitrogen and oxygen atoms in total. The third kappa shape index (κ3) is 3.04. The van der Waals surface area contributed by atoms with Gasteiger partial charge >= 0.3 is 0 Å². The van der Waals surface area contributed by atoms with E-state index in [4.69, 9.17) is 28.9 Å². The lowest BCUT2D eigenvalue weighted by Crippen LogP contribution is -2.05. The number of nitrogens with zero attached hydrogens (tertiary/aromatic N) is 2. The molecule has 0 spiro atoms. The van der Waals surface area contributed by atoms with Crippen LogP contribution in [0.4, 0.5) is 0 Å². The molecule has 2 aromatic heterocycles. The first-order chi connectivity index (χ1) is 10.2. The number of benzene rings is 1. The highest BCUT2D eigenvalue weighted by atomic mass is 35.5. The third-order valence-electron chi connectivity index (χ3n) is 3.07. The molecule has 0 aliphatic heterocycles. The number of hydrogen-bond acceptors (Lipinski definition) is 3. The summed E-state index contributed by atoms with van der Waals surface area (Å²) in [5, 5.41) is 2.24. The molecule has 0 amide bonds. The van der Waals surface area contributed by atoms with Crippen LogP contribution in [0, 0.1) is 0 Å². The molecule has 21 heavy (non-hydrogen) atoms. The zero-order valence-corrected chi connectivity index (χ0v) is 13.4. The molecule has 3 aromatic rings. The van der Waals surface area contributed by atoms with E-state index >= 15 is 0 Å². The zero-order valence-electron chi connectivity index (χ0n) is 11.1. The van der Waals surface area contributed by atoms with Gasteiger partial charge in [-0.25, -0.2) is 4.98 Å². The largest absolute Gasteiger partial charge is 0.330 e. The minimum atomic E-state index is 0.569. The summed E-state index contributed by atoms with van der Waals surface area (Å²) in [6.45, 7) is 0.569. The fourth-order valence-electron chi connectivity index (χ4n) is 2.13. The number of imidazole rings is 1. The van der Waals surface area contributed by atoms with Crippen molar-refractivity contribution in [2.75, 3.05) is 6.54 Å². The molecule has 6 heteroatoms. The lowest BCUT2D eigenvalue weighted by atomic mass is 10.3. The van der Waals surface area contributed by atoms with Crippen molar-refractivity contribution in [3.63, 3.8) is 0 Å². The van der Waals surface area contributed by atoms with Crippen LogP contribution in [0.15, 0.2) is 52.5 Å². The van der Waals surface area contributed by atoms with Crippen LogP contribution in [0.1, 0.15) is 5.69 Å². The molecular formula is C15H13Cl2N3S. The predicted molar refractivity (Wildman–Crippen MR) is 88.5 cm³/mol. The third-order valence-corrected chi connectivity index (χ3v) is 4.83. The molecule has 0 saturated heterocycles. The maximum atomic E-state index is 6.24. The monoisotopic (exact) mass is 337 g/mol. The van der Waals surface area contributed by atoms with E-state index < -0.39 is 0 Å². The summed E-state index contributed by atoms with van der Waals surface area (Å²) in [6.07, 6.45) is 2.75. The first kappa shape index (κ1) is 14.7. The van der Waals surface area contributed by atoms with Crippen LogP contribution in [-0.4, -0.2) is 15.9 Å². The molecule has 0 fully saturated rings. The first-order valence-corrected chi connectivity index (χ1v) is 8.05. The molecule has 0 bridgehead atoms. The van der Waals surface area contributed by atoms with Crippen LogP contribution in [0.5, 0.6) is 0 Å². The van der Waals surface area contributed by atoms with Gasteiger partial charge < -0.3 is 10.1 Å². The zero-order chi connectivity index (χ0) is 14.8. The number of fused-ring (bicyclic) bond motifs is 1. The van der Waals surface area contributed by atoms with Crippen LogP contribution in [0.25, 0.3) is 5.65 Å². The lowest BCUT2D eigenvalue weighted by molar-refractivity contribution is 0.876. The number of nitrogens with two attached hydrogens (primary N) is 1. The quantitative estimate of drug-likeness (QED) is 0.772. The number of rotatable bonds is 4. The smallest absolute Gasteiger partial charge is 0.138 e. The van der Waals surface area contributed by atoms with Gasteiger partial charge in [0.15, 0.2) is 0 Å². The number of aromatic nitrogens is 2. The highest BCUT2D eigenvalue weighted by Crippen LogP contribution is 2.36. The maximum Gasteiger partial charge on any atom is 0.138 e. The Balaban J connectivity index is 2.07. The Kier molecular flexibility index (Phi) is 4.40. The van der Waals surface area contributed by atoms with E-state index in [0.29, 0.717) is 16.6 Å². The Labute approximate surface area is 137 Å². The number of halogens is 2. The molecule has 2 N–H and O–H groups in total. The van der Waals surface area contributed by atoms with Gasteiger partial charge in [-0.15, -0.1) is 0 Å². The summed E-state index contributed by atoms with van der Waals surface area (Å²) in [7, 11) is 0. The summed E-state index contributed by atoms with van der Waals surface area (Å²) in [4.78, 5) is 5.56. The summed E-state index contributed by atoms with van der Waals surface area (Å²) in [6, 6.07) is 11.3. The Morgan fingerprint density at radius 3 is 2.86 bits per heavy atom. The van der Waals surface area contributed by atoms with Crippen molar-refractivity contribution >= 4 is 40.6 Å². The fraction of sp³-hybridized carbons (Fsp3) is 0.133. The van der Waals surface area contributed by atoms with Crippen molar-refractivity contribution in [2.45, 2.75) is 16.3 Å². The minimum Gasteiger partial charge on any atom is -0.330 e. The molecule has 0 unspecified atom stereocenters. The van der Waals surface area contributed by atoms with Crippen LogP contribution >= 0.6 is 35.0 Å². The molecule has 108 valence electrons. The predicted octanol–water partition coefficient (Wildman–Crippen LogP) is 4.29. The molecular weight excluding hydrogens is 325 g/mol. The fourth-order valence-corrected chi connectivity index (χ4v) is 3.62. The highest BCUT2D eigenvalue weighted by Gasteiger charge is 2.14. The second-order valence-corrected chi connectivity index (χ2v) is 6.38. The van der Waals surface area contributed by atoms with Crippen LogP contribution in [0.2, 0.25) is 10.0 Å². The van der Waals surface area contributed by atoms with E-state index in [2.05, 4.69) is 9.38 Å². The van der Waals surface area contributed by atoms with Crippen LogP contribution in [0.3, 0.4) is 0 Å². The Hall–Kier alpha value is -1.20. The Bertz CT molecular complexity index is 786. The first-order valence-electron chi connectivity index (χ1n) is 6.48. The van der Waals surface area contributed by atoms with Crippen molar-refractivity contribution < 1.29 is 0 Å². The lowest BCUT2D eigenvalue weighted by Gasteiger charge is -2.05. The standard InChI is InChI=1S/C15H13Cl2N3S/c16-10-4-5-11(17)13(9-10)21-15-12(6-7-18)20-8-2-1-3-14(20)19-15/h1-5,8-9H,6-7,18H2. The van der Waals surface area contributed by atoms with Crippen molar-refractivity contribution in [2.24, 2.45) is 5.73 Å². The second-order valence-electron chi connectivity index (χ2n) is 4.51. The van der Waals surface area contributed by atoms with Crippen molar-refractivity contribution in [1.29, 1.82) is 0 Å². The van der Waals surface area contributed by atoms with Gasteiger partial charge in [0.1, 0.15) is 10.7 Å². The van der Waals surface area contributed by atoms with Gasteiger partial charge in [-0.2, -0.15) is 0 Å². The van der Waals surface area contributed by atoms with Gasteiger partial charge in [0.2, 0.25) is 0 Å². The highest BCUT2D eigenvalue weighted by molar-refractivity contribution is 7.99.